The Kier molecular flexibility index (Phi) is 5.57. The molecule has 1 saturated heterocycles. The van der Waals surface area contributed by atoms with Gasteiger partial charge < -0.3 is 9.64 Å². The molecule has 2 aliphatic rings. The minimum atomic E-state index is -0.526. The summed E-state index contributed by atoms with van der Waals surface area (Å²) in [6.07, 6.45) is 7.63. The Morgan fingerprint density at radius 3 is 2.69 bits per heavy atom. The molecule has 0 spiro atoms. The fraction of sp³-hybridized carbons (Fsp3) is 0.385. The molecule has 0 bridgehead atoms. The summed E-state index contributed by atoms with van der Waals surface area (Å²) >= 11 is 6.00. The Bertz CT molecular complexity index is 1550. The lowest BCUT2D eigenvalue weighted by atomic mass is 10.1. The largest absolute Gasteiger partial charge is 0.367 e. The minimum Gasteiger partial charge on any atom is -0.367 e. The Morgan fingerprint density at radius 1 is 1.14 bits per heavy atom. The molecule has 1 aromatic carbocycles. The monoisotopic (exact) mass is 508 g/mol. The number of hydrogen-bond donors (Lipinski definition) is 0. The van der Waals surface area contributed by atoms with E-state index in [0.29, 0.717) is 47.5 Å². The molecule has 0 N–H and O–H groups in total. The van der Waals surface area contributed by atoms with Crippen LogP contribution in [-0.4, -0.2) is 43.3 Å². The highest BCUT2D eigenvalue weighted by molar-refractivity contribution is 6.30. The SMILES string of the molecule is Cc1nc2c(-c3ccc(Cl)cc3F)nc(N3C[C@@H](C)O[C@@H](c4cnn(C5CC5)c4)C3)cn2c(=O)c1C. The topological polar surface area (TPSA) is 77.6 Å². The lowest BCUT2D eigenvalue weighted by molar-refractivity contribution is -0.0176. The van der Waals surface area contributed by atoms with Crippen molar-refractivity contribution in [1.29, 1.82) is 0 Å². The van der Waals surface area contributed by atoms with Gasteiger partial charge in [0.15, 0.2) is 5.65 Å². The summed E-state index contributed by atoms with van der Waals surface area (Å²) in [5, 5.41) is 4.80. The third-order valence-electron chi connectivity index (χ3n) is 6.95. The van der Waals surface area contributed by atoms with E-state index in [2.05, 4.69) is 21.2 Å². The van der Waals surface area contributed by atoms with Crippen LogP contribution in [0.3, 0.4) is 0 Å². The van der Waals surface area contributed by atoms with Crippen molar-refractivity contribution in [3.05, 3.63) is 74.8 Å². The van der Waals surface area contributed by atoms with Crippen molar-refractivity contribution in [3.8, 4) is 11.3 Å². The summed E-state index contributed by atoms with van der Waals surface area (Å²) in [4.78, 5) is 24.8. The molecule has 36 heavy (non-hydrogen) atoms. The molecule has 0 radical (unpaired) electrons. The predicted molar refractivity (Wildman–Crippen MR) is 135 cm³/mol. The van der Waals surface area contributed by atoms with Crippen LogP contribution in [0.4, 0.5) is 10.2 Å². The van der Waals surface area contributed by atoms with E-state index in [1.165, 1.54) is 10.5 Å². The summed E-state index contributed by atoms with van der Waals surface area (Å²) in [5.74, 6) is 0.0241. The molecule has 3 aromatic heterocycles. The molecule has 0 amide bonds. The standard InChI is InChI=1S/C26H26ClFN6O2/c1-14-10-32(12-22(36-14)17-9-29-34(11-17)19-5-6-19)23-13-33-25(30-16(3)15(2)26(33)35)24(31-23)20-7-4-18(27)8-21(20)28/h4,7-9,11,13-14,19,22H,5-6,10,12H2,1-3H3/t14-,22-/m1/s1. The van der Waals surface area contributed by atoms with Crippen molar-refractivity contribution in [3.63, 3.8) is 0 Å². The van der Waals surface area contributed by atoms with Gasteiger partial charge in [-0.3, -0.25) is 13.9 Å². The molecule has 2 atom stereocenters. The molecule has 4 aromatic rings. The summed E-state index contributed by atoms with van der Waals surface area (Å²) in [5.41, 5.74) is 2.74. The highest BCUT2D eigenvalue weighted by Crippen LogP contribution is 2.36. The zero-order valence-corrected chi connectivity index (χ0v) is 21.0. The summed E-state index contributed by atoms with van der Waals surface area (Å²) in [6, 6.07) is 4.91. The van der Waals surface area contributed by atoms with Gasteiger partial charge in [0, 0.05) is 40.1 Å². The van der Waals surface area contributed by atoms with Gasteiger partial charge in [0.1, 0.15) is 23.4 Å². The second-order valence-corrected chi connectivity index (χ2v) is 10.2. The first kappa shape index (κ1) is 23.1. The number of benzene rings is 1. The van der Waals surface area contributed by atoms with Gasteiger partial charge in [0.25, 0.3) is 5.56 Å². The van der Waals surface area contributed by atoms with Crippen molar-refractivity contribution in [2.45, 2.75) is 51.9 Å². The fourth-order valence-corrected chi connectivity index (χ4v) is 4.88. The lowest BCUT2D eigenvalue weighted by Gasteiger charge is -2.37. The molecule has 8 nitrogen and oxygen atoms in total. The van der Waals surface area contributed by atoms with Crippen molar-refractivity contribution >= 4 is 23.1 Å². The average molecular weight is 509 g/mol. The summed E-state index contributed by atoms with van der Waals surface area (Å²) in [6.45, 7) is 6.61. The number of aryl methyl sites for hydroxylation is 1. The molecule has 0 unspecified atom stereocenters. The van der Waals surface area contributed by atoms with E-state index >= 15 is 4.39 Å². The molecule has 2 fully saturated rings. The lowest BCUT2D eigenvalue weighted by Crippen LogP contribution is -2.43. The van der Waals surface area contributed by atoms with Gasteiger partial charge in [-0.25, -0.2) is 14.4 Å². The van der Waals surface area contributed by atoms with E-state index in [1.54, 1.807) is 32.2 Å². The van der Waals surface area contributed by atoms with Gasteiger partial charge in [0.05, 0.1) is 31.1 Å². The Labute approximate surface area is 212 Å². The molecule has 186 valence electrons. The minimum absolute atomic E-state index is 0.0872. The zero-order valence-electron chi connectivity index (χ0n) is 20.3. The van der Waals surface area contributed by atoms with Gasteiger partial charge in [-0.05, 0) is 51.8 Å². The van der Waals surface area contributed by atoms with E-state index < -0.39 is 5.82 Å². The van der Waals surface area contributed by atoms with Crippen molar-refractivity contribution in [2.24, 2.45) is 0 Å². The van der Waals surface area contributed by atoms with Crippen LogP contribution in [0.25, 0.3) is 16.9 Å². The number of fused-ring (bicyclic) bond motifs is 1. The first-order valence-electron chi connectivity index (χ1n) is 12.1. The molecular formula is C26H26ClFN6O2. The Balaban J connectivity index is 1.47. The number of ether oxygens (including phenoxy) is 1. The van der Waals surface area contributed by atoms with Crippen LogP contribution in [0.15, 0.2) is 41.6 Å². The van der Waals surface area contributed by atoms with Crippen LogP contribution in [0, 0.1) is 19.7 Å². The Hall–Kier alpha value is -3.30. The smallest absolute Gasteiger partial charge is 0.261 e. The second kappa shape index (κ2) is 8.67. The first-order chi connectivity index (χ1) is 17.3. The predicted octanol–water partition coefficient (Wildman–Crippen LogP) is 4.66. The van der Waals surface area contributed by atoms with Crippen LogP contribution in [0.1, 0.15) is 48.7 Å². The van der Waals surface area contributed by atoms with Crippen LogP contribution in [0.2, 0.25) is 5.02 Å². The maximum atomic E-state index is 15.1. The number of halogens is 2. The Morgan fingerprint density at radius 2 is 1.94 bits per heavy atom. The van der Waals surface area contributed by atoms with Crippen LogP contribution < -0.4 is 10.5 Å². The van der Waals surface area contributed by atoms with E-state index in [9.17, 15) is 4.79 Å². The van der Waals surface area contributed by atoms with Crippen molar-refractivity contribution in [1.82, 2.24) is 24.1 Å². The van der Waals surface area contributed by atoms with Crippen LogP contribution in [0.5, 0.6) is 0 Å². The molecular weight excluding hydrogens is 483 g/mol. The van der Waals surface area contributed by atoms with Gasteiger partial charge in [-0.1, -0.05) is 11.6 Å². The molecule has 1 aliphatic carbocycles. The average Bonchev–Trinajstić information content (AvgIpc) is 3.58. The highest BCUT2D eigenvalue weighted by Gasteiger charge is 2.31. The van der Waals surface area contributed by atoms with E-state index in [4.69, 9.17) is 21.3 Å². The first-order valence-corrected chi connectivity index (χ1v) is 12.5. The molecule has 1 saturated carbocycles. The van der Waals surface area contributed by atoms with Gasteiger partial charge >= 0.3 is 0 Å². The second-order valence-electron chi connectivity index (χ2n) is 9.72. The quantitative estimate of drug-likeness (QED) is 0.399. The number of morpholine rings is 1. The maximum Gasteiger partial charge on any atom is 0.261 e. The van der Waals surface area contributed by atoms with Crippen molar-refractivity contribution < 1.29 is 9.13 Å². The third kappa shape index (κ3) is 4.06. The van der Waals surface area contributed by atoms with Crippen LogP contribution >= 0.6 is 11.6 Å². The van der Waals surface area contributed by atoms with E-state index in [-0.39, 0.29) is 28.4 Å². The summed E-state index contributed by atoms with van der Waals surface area (Å²) < 4.78 is 24.8. The normalized spacial score (nSPS) is 20.3. The molecule has 10 heteroatoms. The zero-order chi connectivity index (χ0) is 25.1. The third-order valence-corrected chi connectivity index (χ3v) is 7.19. The van der Waals surface area contributed by atoms with Gasteiger partial charge in [-0.15, -0.1) is 0 Å². The fourth-order valence-electron chi connectivity index (χ4n) is 4.72. The summed E-state index contributed by atoms with van der Waals surface area (Å²) in [7, 11) is 0. The number of aromatic nitrogens is 5. The highest BCUT2D eigenvalue weighted by atomic mass is 35.5. The number of hydrogen-bond acceptors (Lipinski definition) is 6. The molecule has 4 heterocycles. The van der Waals surface area contributed by atoms with Gasteiger partial charge in [0.2, 0.25) is 0 Å². The van der Waals surface area contributed by atoms with E-state index in [0.717, 1.165) is 18.4 Å². The van der Waals surface area contributed by atoms with Crippen LogP contribution in [-0.2, 0) is 4.74 Å². The maximum absolute atomic E-state index is 15.1. The molecule has 6 rings (SSSR count). The van der Waals surface area contributed by atoms with E-state index in [1.807, 2.05) is 17.8 Å². The number of rotatable bonds is 4. The van der Waals surface area contributed by atoms with Crippen molar-refractivity contribution in [2.75, 3.05) is 18.0 Å². The molecule has 1 aliphatic heterocycles. The number of nitrogens with zero attached hydrogens (tertiary/aromatic N) is 6. The number of anilines is 1. The van der Waals surface area contributed by atoms with Gasteiger partial charge in [-0.2, -0.15) is 5.10 Å².